The van der Waals surface area contributed by atoms with Crippen molar-refractivity contribution in [3.8, 4) is 5.75 Å². The molecule has 0 saturated carbocycles. The van der Waals surface area contributed by atoms with Gasteiger partial charge in [0.05, 0.1) is 34.2 Å². The van der Waals surface area contributed by atoms with Crippen molar-refractivity contribution in [2.45, 2.75) is 24.7 Å². The third-order valence-corrected chi connectivity index (χ3v) is 8.19. The van der Waals surface area contributed by atoms with Crippen molar-refractivity contribution in [3.63, 3.8) is 0 Å². The molecule has 0 radical (unpaired) electrons. The molecule has 0 spiro atoms. The maximum Gasteiger partial charge on any atom is 0.262 e. The highest BCUT2D eigenvalue weighted by Crippen LogP contribution is 2.31. The molecule has 0 unspecified atom stereocenters. The van der Waals surface area contributed by atoms with Crippen molar-refractivity contribution in [1.29, 1.82) is 0 Å². The van der Waals surface area contributed by atoms with E-state index in [1.165, 1.54) is 29.6 Å². The van der Waals surface area contributed by atoms with Gasteiger partial charge in [-0.2, -0.15) is 0 Å². The summed E-state index contributed by atoms with van der Waals surface area (Å²) in [6.45, 7) is 2.00. The average Bonchev–Trinajstić information content (AvgIpc) is 2.62. The number of rotatable bonds is 5. The molecular weight excluding hydrogens is 424 g/mol. The van der Waals surface area contributed by atoms with Gasteiger partial charge in [-0.1, -0.05) is 17.7 Å². The summed E-state index contributed by atoms with van der Waals surface area (Å²) < 4.78 is 59.4. The first-order valence-corrected chi connectivity index (χ1v) is 12.1. The zero-order chi connectivity index (χ0) is 20.5. The van der Waals surface area contributed by atoms with Crippen LogP contribution in [0.3, 0.4) is 0 Å². The normalized spacial score (nSPS) is 16.6. The number of halogens is 1. The van der Waals surface area contributed by atoms with E-state index in [1.54, 1.807) is 25.1 Å². The van der Waals surface area contributed by atoms with Crippen LogP contribution in [0.4, 0.5) is 11.4 Å². The van der Waals surface area contributed by atoms with E-state index >= 15 is 0 Å². The second-order valence-electron chi connectivity index (χ2n) is 6.50. The monoisotopic (exact) mass is 444 g/mol. The first-order valence-electron chi connectivity index (χ1n) is 8.61. The zero-order valence-electron chi connectivity index (χ0n) is 15.5. The van der Waals surface area contributed by atoms with Gasteiger partial charge in [-0.15, -0.1) is 0 Å². The molecule has 0 amide bonds. The smallest absolute Gasteiger partial charge is 0.262 e. The number of sulfonamides is 2. The van der Waals surface area contributed by atoms with Crippen LogP contribution in [0.25, 0.3) is 0 Å². The van der Waals surface area contributed by atoms with Crippen LogP contribution >= 0.6 is 11.6 Å². The van der Waals surface area contributed by atoms with Crippen molar-refractivity contribution >= 4 is 43.0 Å². The molecule has 10 heteroatoms. The van der Waals surface area contributed by atoms with Gasteiger partial charge in [-0.05, 0) is 55.7 Å². The minimum absolute atomic E-state index is 0.0118. The molecule has 1 fully saturated rings. The lowest BCUT2D eigenvalue weighted by atomic mass is 10.2. The molecule has 7 nitrogen and oxygen atoms in total. The maximum atomic E-state index is 12.9. The van der Waals surface area contributed by atoms with Gasteiger partial charge in [0, 0.05) is 6.54 Å². The van der Waals surface area contributed by atoms with Crippen LogP contribution in [0.2, 0.25) is 5.02 Å². The van der Waals surface area contributed by atoms with Crippen molar-refractivity contribution in [2.24, 2.45) is 0 Å². The third kappa shape index (κ3) is 4.21. The molecule has 152 valence electrons. The Balaban J connectivity index is 1.96. The highest BCUT2D eigenvalue weighted by molar-refractivity contribution is 7.93. The largest absolute Gasteiger partial charge is 0.495 e. The summed E-state index contributed by atoms with van der Waals surface area (Å²) in [4.78, 5) is 0.0118. The number of aryl methyl sites for hydroxylation is 1. The van der Waals surface area contributed by atoms with E-state index in [2.05, 4.69) is 4.72 Å². The topological polar surface area (TPSA) is 92.8 Å². The fourth-order valence-electron chi connectivity index (χ4n) is 3.05. The number of methoxy groups -OCH3 is 1. The Hall–Kier alpha value is -1.97. The first-order chi connectivity index (χ1) is 13.1. The summed E-state index contributed by atoms with van der Waals surface area (Å²) in [5.41, 5.74) is 1.13. The van der Waals surface area contributed by atoms with E-state index in [-0.39, 0.29) is 21.4 Å². The van der Waals surface area contributed by atoms with Gasteiger partial charge in [0.1, 0.15) is 5.75 Å². The summed E-state index contributed by atoms with van der Waals surface area (Å²) in [7, 11) is -5.92. The molecule has 28 heavy (non-hydrogen) atoms. The van der Waals surface area contributed by atoms with Crippen LogP contribution < -0.4 is 13.8 Å². The van der Waals surface area contributed by atoms with Crippen LogP contribution in [0, 0.1) is 6.92 Å². The van der Waals surface area contributed by atoms with Crippen molar-refractivity contribution in [3.05, 3.63) is 47.0 Å². The standard InChI is InChI=1S/C18H21ClN2O5S2/c1-13-5-7-15(21-9-3-4-10-27(21,22)23)12-18(13)28(24,25)20-14-6-8-17(26-2)16(19)11-14/h5-8,11-12,20H,3-4,9-10H2,1-2H3. The molecule has 1 saturated heterocycles. The second kappa shape index (κ2) is 7.81. The second-order valence-corrected chi connectivity index (χ2v) is 10.6. The number of nitrogens with one attached hydrogen (secondary N) is 1. The van der Waals surface area contributed by atoms with Crippen molar-refractivity contribution in [2.75, 3.05) is 28.4 Å². The predicted octanol–water partition coefficient (Wildman–Crippen LogP) is 3.39. The van der Waals surface area contributed by atoms with Gasteiger partial charge in [0.15, 0.2) is 0 Å². The van der Waals surface area contributed by atoms with Gasteiger partial charge in [0.25, 0.3) is 10.0 Å². The Morgan fingerprint density at radius 3 is 2.54 bits per heavy atom. The summed E-state index contributed by atoms with van der Waals surface area (Å²) in [6, 6.07) is 9.18. The zero-order valence-corrected chi connectivity index (χ0v) is 17.9. The van der Waals surface area contributed by atoms with Crippen LogP contribution in [0.15, 0.2) is 41.3 Å². The van der Waals surface area contributed by atoms with E-state index in [4.69, 9.17) is 16.3 Å². The lowest BCUT2D eigenvalue weighted by Crippen LogP contribution is -2.38. The molecule has 0 aliphatic carbocycles. The quantitative estimate of drug-likeness (QED) is 0.763. The highest BCUT2D eigenvalue weighted by Gasteiger charge is 2.28. The number of hydrogen-bond acceptors (Lipinski definition) is 5. The summed E-state index contributed by atoms with van der Waals surface area (Å²) >= 11 is 6.06. The molecule has 1 N–H and O–H groups in total. The Kier molecular flexibility index (Phi) is 5.79. The fourth-order valence-corrected chi connectivity index (χ4v) is 6.26. The number of ether oxygens (including phenoxy) is 1. The molecule has 2 aromatic carbocycles. The molecular formula is C18H21ClN2O5S2. The Labute approximate surface area is 170 Å². The van der Waals surface area contributed by atoms with E-state index in [1.807, 2.05) is 0 Å². The molecule has 0 bridgehead atoms. The van der Waals surface area contributed by atoms with Gasteiger partial charge >= 0.3 is 0 Å². The molecule has 0 atom stereocenters. The van der Waals surface area contributed by atoms with E-state index in [0.29, 0.717) is 30.0 Å². The van der Waals surface area contributed by atoms with Crippen LogP contribution in [0.5, 0.6) is 5.75 Å². The summed E-state index contributed by atoms with van der Waals surface area (Å²) in [5.74, 6) is 0.490. The Bertz CT molecular complexity index is 1100. The van der Waals surface area contributed by atoms with E-state index in [9.17, 15) is 16.8 Å². The van der Waals surface area contributed by atoms with Gasteiger partial charge < -0.3 is 4.74 Å². The lowest BCUT2D eigenvalue weighted by molar-refractivity contribution is 0.415. The van der Waals surface area contributed by atoms with Crippen LogP contribution in [0.1, 0.15) is 18.4 Å². The Morgan fingerprint density at radius 2 is 1.89 bits per heavy atom. The van der Waals surface area contributed by atoms with E-state index < -0.39 is 20.0 Å². The third-order valence-electron chi connectivity index (χ3n) is 4.50. The summed E-state index contributed by atoms with van der Waals surface area (Å²) in [5, 5.41) is 0.271. The minimum atomic E-state index is -3.95. The van der Waals surface area contributed by atoms with E-state index in [0.717, 1.165) is 6.42 Å². The molecule has 0 aromatic heterocycles. The molecule has 1 heterocycles. The number of benzene rings is 2. The Morgan fingerprint density at radius 1 is 1.14 bits per heavy atom. The van der Waals surface area contributed by atoms with Gasteiger partial charge in [-0.3, -0.25) is 9.03 Å². The van der Waals surface area contributed by atoms with Gasteiger partial charge in [-0.25, -0.2) is 16.8 Å². The average molecular weight is 445 g/mol. The highest BCUT2D eigenvalue weighted by atomic mass is 35.5. The predicted molar refractivity (Wildman–Crippen MR) is 110 cm³/mol. The minimum Gasteiger partial charge on any atom is -0.495 e. The molecule has 2 aromatic rings. The van der Waals surface area contributed by atoms with Crippen molar-refractivity contribution < 1.29 is 21.6 Å². The number of anilines is 2. The number of nitrogens with zero attached hydrogens (tertiary/aromatic N) is 1. The van der Waals surface area contributed by atoms with Crippen LogP contribution in [-0.4, -0.2) is 36.2 Å². The fraction of sp³-hybridized carbons (Fsp3) is 0.333. The maximum absolute atomic E-state index is 12.9. The molecule has 3 rings (SSSR count). The SMILES string of the molecule is COc1ccc(NS(=O)(=O)c2cc(N3CCCCS3(=O)=O)ccc2C)cc1Cl. The lowest BCUT2D eigenvalue weighted by Gasteiger charge is -2.28. The van der Waals surface area contributed by atoms with Crippen molar-refractivity contribution in [1.82, 2.24) is 0 Å². The number of hydrogen-bond donors (Lipinski definition) is 1. The molecule has 1 aliphatic heterocycles. The molecule has 1 aliphatic rings. The summed E-state index contributed by atoms with van der Waals surface area (Å²) in [6.07, 6.45) is 1.34. The van der Waals surface area contributed by atoms with Gasteiger partial charge in [0.2, 0.25) is 10.0 Å². The first kappa shape index (κ1) is 20.8. The van der Waals surface area contributed by atoms with Crippen LogP contribution in [-0.2, 0) is 20.0 Å².